The van der Waals surface area contributed by atoms with E-state index >= 15 is 0 Å². The van der Waals surface area contributed by atoms with Gasteiger partial charge in [0.15, 0.2) is 0 Å². The van der Waals surface area contributed by atoms with Gasteiger partial charge in [0.25, 0.3) is 0 Å². The van der Waals surface area contributed by atoms with E-state index in [1.54, 1.807) is 0 Å². The predicted molar refractivity (Wildman–Crippen MR) is 74.0 cm³/mol. The SMILES string of the molecule is CCC(C)(C)NCC(C)Sc1ccc(F)cc1F. The van der Waals surface area contributed by atoms with Crippen LogP contribution in [0.4, 0.5) is 8.78 Å². The van der Waals surface area contributed by atoms with Crippen LogP contribution in [0.5, 0.6) is 0 Å². The third-order valence-corrected chi connectivity index (χ3v) is 4.13. The van der Waals surface area contributed by atoms with Crippen LogP contribution in [0.15, 0.2) is 23.1 Å². The standard InChI is InChI=1S/C14H21F2NS/c1-5-14(3,4)17-9-10(2)18-13-7-6-11(15)8-12(13)16/h6-8,10,17H,5,9H2,1-4H3. The molecule has 1 aromatic carbocycles. The minimum atomic E-state index is -0.533. The quantitative estimate of drug-likeness (QED) is 0.779. The van der Waals surface area contributed by atoms with Crippen LogP contribution in [0.1, 0.15) is 34.1 Å². The number of hydrogen-bond donors (Lipinski definition) is 1. The maximum atomic E-state index is 13.5. The molecule has 1 N–H and O–H groups in total. The number of benzene rings is 1. The molecule has 0 saturated carbocycles. The molecule has 4 heteroatoms. The van der Waals surface area contributed by atoms with E-state index in [4.69, 9.17) is 0 Å². The zero-order valence-electron chi connectivity index (χ0n) is 11.4. The average molecular weight is 273 g/mol. The smallest absolute Gasteiger partial charge is 0.139 e. The van der Waals surface area contributed by atoms with Crippen molar-refractivity contribution in [2.45, 2.75) is 49.8 Å². The third kappa shape index (κ3) is 4.94. The van der Waals surface area contributed by atoms with Crippen LogP contribution in [0.3, 0.4) is 0 Å². The number of rotatable bonds is 6. The van der Waals surface area contributed by atoms with Crippen LogP contribution in [-0.4, -0.2) is 17.3 Å². The second-order valence-electron chi connectivity index (χ2n) is 5.12. The van der Waals surface area contributed by atoms with Gasteiger partial charge in [0.1, 0.15) is 11.6 Å². The monoisotopic (exact) mass is 273 g/mol. The lowest BCUT2D eigenvalue weighted by atomic mass is 10.0. The minimum absolute atomic E-state index is 0.0934. The molecule has 0 amide bonds. The van der Waals surface area contributed by atoms with E-state index in [0.717, 1.165) is 19.0 Å². The van der Waals surface area contributed by atoms with Crippen molar-refractivity contribution in [2.24, 2.45) is 0 Å². The van der Waals surface area contributed by atoms with Crippen LogP contribution in [0, 0.1) is 11.6 Å². The Morgan fingerprint density at radius 3 is 2.56 bits per heavy atom. The van der Waals surface area contributed by atoms with Crippen LogP contribution in [0.25, 0.3) is 0 Å². The summed E-state index contributed by atoms with van der Waals surface area (Å²) in [7, 11) is 0. The van der Waals surface area contributed by atoms with Crippen molar-refractivity contribution in [3.63, 3.8) is 0 Å². The van der Waals surface area contributed by atoms with Crippen molar-refractivity contribution < 1.29 is 8.78 Å². The Morgan fingerprint density at radius 2 is 2.00 bits per heavy atom. The fraction of sp³-hybridized carbons (Fsp3) is 0.571. The molecule has 0 bridgehead atoms. The van der Waals surface area contributed by atoms with Gasteiger partial charge in [-0.2, -0.15) is 0 Å². The fourth-order valence-corrected chi connectivity index (χ4v) is 2.29. The highest BCUT2D eigenvalue weighted by Gasteiger charge is 2.16. The van der Waals surface area contributed by atoms with E-state index < -0.39 is 11.6 Å². The maximum absolute atomic E-state index is 13.5. The molecule has 1 rings (SSSR count). The predicted octanol–water partition coefficient (Wildman–Crippen LogP) is 4.22. The fourth-order valence-electron chi connectivity index (χ4n) is 1.37. The highest BCUT2D eigenvalue weighted by molar-refractivity contribution is 8.00. The van der Waals surface area contributed by atoms with E-state index in [-0.39, 0.29) is 10.8 Å². The first-order valence-corrected chi connectivity index (χ1v) is 7.09. The van der Waals surface area contributed by atoms with Crippen LogP contribution in [-0.2, 0) is 0 Å². The van der Waals surface area contributed by atoms with Crippen LogP contribution >= 0.6 is 11.8 Å². The normalized spacial score (nSPS) is 13.7. The molecule has 0 aliphatic heterocycles. The molecule has 0 saturated heterocycles. The highest BCUT2D eigenvalue weighted by Crippen LogP contribution is 2.26. The molecule has 0 spiro atoms. The lowest BCUT2D eigenvalue weighted by molar-refractivity contribution is 0.379. The molecule has 102 valence electrons. The van der Waals surface area contributed by atoms with E-state index in [9.17, 15) is 8.78 Å². The lowest BCUT2D eigenvalue weighted by Gasteiger charge is -2.26. The topological polar surface area (TPSA) is 12.0 Å². The summed E-state index contributed by atoms with van der Waals surface area (Å²) < 4.78 is 26.2. The summed E-state index contributed by atoms with van der Waals surface area (Å²) in [6, 6.07) is 3.72. The van der Waals surface area contributed by atoms with Crippen molar-refractivity contribution in [3.8, 4) is 0 Å². The third-order valence-electron chi connectivity index (χ3n) is 2.97. The Morgan fingerprint density at radius 1 is 1.33 bits per heavy atom. The van der Waals surface area contributed by atoms with Gasteiger partial charge in [0.2, 0.25) is 0 Å². The van der Waals surface area contributed by atoms with Crippen molar-refractivity contribution in [1.82, 2.24) is 5.32 Å². The summed E-state index contributed by atoms with van der Waals surface area (Å²) in [6.45, 7) is 9.24. The number of halogens is 2. The Labute approximate surface area is 112 Å². The Bertz CT molecular complexity index is 393. The zero-order chi connectivity index (χ0) is 13.8. The first kappa shape index (κ1) is 15.4. The maximum Gasteiger partial charge on any atom is 0.139 e. The Kier molecular flexibility index (Phi) is 5.60. The zero-order valence-corrected chi connectivity index (χ0v) is 12.2. The van der Waals surface area contributed by atoms with Crippen LogP contribution in [0.2, 0.25) is 0 Å². The molecule has 1 aromatic rings. The highest BCUT2D eigenvalue weighted by atomic mass is 32.2. The largest absolute Gasteiger partial charge is 0.311 e. The number of hydrogen-bond acceptors (Lipinski definition) is 2. The molecular formula is C14H21F2NS. The molecule has 0 aromatic heterocycles. The average Bonchev–Trinajstić information content (AvgIpc) is 2.30. The lowest BCUT2D eigenvalue weighted by Crippen LogP contribution is -2.41. The summed E-state index contributed by atoms with van der Waals surface area (Å²) in [6.07, 6.45) is 1.04. The minimum Gasteiger partial charge on any atom is -0.311 e. The van der Waals surface area contributed by atoms with Gasteiger partial charge < -0.3 is 5.32 Å². The van der Waals surface area contributed by atoms with Gasteiger partial charge in [-0.25, -0.2) is 8.78 Å². The number of nitrogens with one attached hydrogen (secondary N) is 1. The van der Waals surface area contributed by atoms with Crippen molar-refractivity contribution in [1.29, 1.82) is 0 Å². The summed E-state index contributed by atoms with van der Waals surface area (Å²) in [5.41, 5.74) is 0.0934. The first-order chi connectivity index (χ1) is 8.34. The second kappa shape index (κ2) is 6.53. The van der Waals surface area contributed by atoms with Gasteiger partial charge >= 0.3 is 0 Å². The molecule has 0 aliphatic rings. The van der Waals surface area contributed by atoms with Gasteiger partial charge in [-0.05, 0) is 32.4 Å². The molecular weight excluding hydrogens is 252 g/mol. The van der Waals surface area contributed by atoms with Gasteiger partial charge in [-0.15, -0.1) is 11.8 Å². The van der Waals surface area contributed by atoms with Gasteiger partial charge in [-0.1, -0.05) is 13.8 Å². The summed E-state index contributed by atoms with van der Waals surface area (Å²) in [4.78, 5) is 0.500. The number of thioether (sulfide) groups is 1. The summed E-state index contributed by atoms with van der Waals surface area (Å²) >= 11 is 1.43. The molecule has 1 unspecified atom stereocenters. The van der Waals surface area contributed by atoms with Crippen molar-refractivity contribution in [3.05, 3.63) is 29.8 Å². The Balaban J connectivity index is 2.52. The molecule has 1 atom stereocenters. The summed E-state index contributed by atoms with van der Waals surface area (Å²) in [5, 5.41) is 3.67. The van der Waals surface area contributed by atoms with Crippen LogP contribution < -0.4 is 5.32 Å². The molecule has 0 radical (unpaired) electrons. The molecule has 0 fully saturated rings. The van der Waals surface area contributed by atoms with Gasteiger partial charge in [-0.3, -0.25) is 0 Å². The van der Waals surface area contributed by atoms with Crippen molar-refractivity contribution in [2.75, 3.05) is 6.54 Å². The molecule has 1 nitrogen and oxygen atoms in total. The first-order valence-electron chi connectivity index (χ1n) is 6.21. The molecule has 18 heavy (non-hydrogen) atoms. The van der Waals surface area contributed by atoms with Gasteiger partial charge in [0.05, 0.1) is 0 Å². The molecule has 0 aliphatic carbocycles. The van der Waals surface area contributed by atoms with E-state index in [2.05, 4.69) is 26.1 Å². The summed E-state index contributed by atoms with van der Waals surface area (Å²) in [5.74, 6) is -1.02. The van der Waals surface area contributed by atoms with E-state index in [1.165, 1.54) is 23.9 Å². The Hall–Kier alpha value is -0.610. The van der Waals surface area contributed by atoms with Gasteiger partial charge in [0, 0.05) is 28.3 Å². The van der Waals surface area contributed by atoms with E-state index in [0.29, 0.717) is 4.90 Å². The van der Waals surface area contributed by atoms with E-state index in [1.807, 2.05) is 6.92 Å². The second-order valence-corrected chi connectivity index (χ2v) is 6.60. The van der Waals surface area contributed by atoms with Crippen molar-refractivity contribution >= 4 is 11.8 Å². The molecule has 0 heterocycles.